The molecule has 0 saturated carbocycles. The van der Waals surface area contributed by atoms with Crippen molar-refractivity contribution in [3.05, 3.63) is 58.3 Å². The second kappa shape index (κ2) is 5.45. The number of benzene rings is 2. The third kappa shape index (κ3) is 3.13. The van der Waals surface area contributed by atoms with Gasteiger partial charge in [0.1, 0.15) is 11.5 Å². The molecule has 0 amide bonds. The zero-order valence-corrected chi connectivity index (χ0v) is 12.1. The largest absolute Gasteiger partial charge is 0.274 e. The molecule has 20 heavy (non-hydrogen) atoms. The monoisotopic (exact) mass is 365 g/mol. The maximum Gasteiger partial charge on any atom is 0.262 e. The van der Waals surface area contributed by atoms with Gasteiger partial charge in [-0.25, -0.2) is 21.6 Å². The molecule has 0 aliphatic heterocycles. The first-order valence-electron chi connectivity index (χ1n) is 5.22. The summed E-state index contributed by atoms with van der Waals surface area (Å²) in [7, 11) is -4.20. The van der Waals surface area contributed by atoms with Crippen molar-refractivity contribution in [3.63, 3.8) is 0 Å². The molecule has 0 saturated heterocycles. The fourth-order valence-electron chi connectivity index (χ4n) is 1.45. The summed E-state index contributed by atoms with van der Waals surface area (Å²) in [4.78, 5) is -0.305. The van der Waals surface area contributed by atoms with Gasteiger partial charge in [-0.15, -0.1) is 0 Å². The molecule has 2 aromatic carbocycles. The molecule has 2 rings (SSSR count). The van der Waals surface area contributed by atoms with E-state index in [1.807, 2.05) is 0 Å². The zero-order valence-electron chi connectivity index (χ0n) is 9.70. The molecule has 0 fully saturated rings. The fraction of sp³-hybridized carbons (Fsp3) is 0. The predicted octanol–water partition coefficient (Wildman–Crippen LogP) is 3.67. The van der Waals surface area contributed by atoms with Crippen LogP contribution in [0.15, 0.2) is 45.8 Å². The third-order valence-electron chi connectivity index (χ3n) is 2.37. The van der Waals surface area contributed by atoms with Crippen LogP contribution in [0.25, 0.3) is 0 Å². The first-order chi connectivity index (χ1) is 9.29. The van der Waals surface area contributed by atoms with E-state index in [4.69, 9.17) is 0 Å². The third-order valence-corrected chi connectivity index (χ3v) is 4.19. The highest BCUT2D eigenvalue weighted by Crippen LogP contribution is 2.26. The first-order valence-corrected chi connectivity index (χ1v) is 7.50. The highest BCUT2D eigenvalue weighted by atomic mass is 79.9. The Bertz CT molecular complexity index is 725. The molecular formula is C12H7BrF3NO2S. The molecule has 0 spiro atoms. The summed E-state index contributed by atoms with van der Waals surface area (Å²) in [6.07, 6.45) is 0. The second-order valence-corrected chi connectivity index (χ2v) is 6.40. The standard InChI is InChI=1S/C12H7BrF3NO2S/c13-7-5-10(15)12(11(16)6-7)17-20(18,19)9-3-1-8(14)2-4-9/h1-6,17H. The van der Waals surface area contributed by atoms with Crippen molar-refractivity contribution >= 4 is 31.6 Å². The van der Waals surface area contributed by atoms with Gasteiger partial charge >= 0.3 is 0 Å². The molecular weight excluding hydrogens is 359 g/mol. The number of hydrogen-bond acceptors (Lipinski definition) is 2. The first kappa shape index (κ1) is 14.9. The van der Waals surface area contributed by atoms with E-state index in [9.17, 15) is 21.6 Å². The average molecular weight is 366 g/mol. The summed E-state index contributed by atoms with van der Waals surface area (Å²) >= 11 is 2.88. The number of rotatable bonds is 3. The van der Waals surface area contributed by atoms with Gasteiger partial charge in [0.2, 0.25) is 0 Å². The van der Waals surface area contributed by atoms with E-state index in [0.29, 0.717) is 0 Å². The van der Waals surface area contributed by atoms with Crippen LogP contribution in [-0.2, 0) is 10.0 Å². The number of halogens is 4. The second-order valence-electron chi connectivity index (χ2n) is 3.80. The van der Waals surface area contributed by atoms with Gasteiger partial charge in [-0.2, -0.15) is 0 Å². The summed E-state index contributed by atoms with van der Waals surface area (Å²) in [5.74, 6) is -2.75. The van der Waals surface area contributed by atoms with Crippen LogP contribution in [0.3, 0.4) is 0 Å². The Morgan fingerprint density at radius 2 is 1.45 bits per heavy atom. The van der Waals surface area contributed by atoms with Gasteiger partial charge in [-0.1, -0.05) is 15.9 Å². The molecule has 0 aliphatic rings. The summed E-state index contributed by atoms with van der Waals surface area (Å²) in [6, 6.07) is 5.70. The van der Waals surface area contributed by atoms with Crippen LogP contribution in [0, 0.1) is 17.5 Å². The van der Waals surface area contributed by atoms with E-state index in [1.165, 1.54) is 0 Å². The lowest BCUT2D eigenvalue weighted by atomic mass is 10.3. The van der Waals surface area contributed by atoms with Crippen molar-refractivity contribution in [3.8, 4) is 0 Å². The highest BCUT2D eigenvalue weighted by Gasteiger charge is 2.19. The minimum Gasteiger partial charge on any atom is -0.274 e. The summed E-state index contributed by atoms with van der Waals surface area (Å²) in [6.45, 7) is 0. The molecule has 106 valence electrons. The van der Waals surface area contributed by atoms with E-state index >= 15 is 0 Å². The normalized spacial score (nSPS) is 11.4. The van der Waals surface area contributed by atoms with Gasteiger partial charge in [0.25, 0.3) is 10.0 Å². The SMILES string of the molecule is O=S(=O)(Nc1c(F)cc(Br)cc1F)c1ccc(F)cc1. The molecule has 8 heteroatoms. The smallest absolute Gasteiger partial charge is 0.262 e. The molecule has 0 bridgehead atoms. The summed E-state index contributed by atoms with van der Waals surface area (Å²) in [5.41, 5.74) is -0.794. The Morgan fingerprint density at radius 3 is 1.95 bits per heavy atom. The van der Waals surface area contributed by atoms with Gasteiger partial charge in [-0.3, -0.25) is 4.72 Å². The Balaban J connectivity index is 2.41. The average Bonchev–Trinajstić information content (AvgIpc) is 2.34. The van der Waals surface area contributed by atoms with Crippen molar-refractivity contribution in [2.45, 2.75) is 4.90 Å². The van der Waals surface area contributed by atoms with Crippen LogP contribution in [0.4, 0.5) is 18.9 Å². The molecule has 0 radical (unpaired) electrons. The van der Waals surface area contributed by atoms with Crippen molar-refractivity contribution < 1.29 is 21.6 Å². The molecule has 0 atom stereocenters. The fourth-order valence-corrected chi connectivity index (χ4v) is 2.92. The number of hydrogen-bond donors (Lipinski definition) is 1. The number of anilines is 1. The van der Waals surface area contributed by atoms with Gasteiger partial charge in [-0.05, 0) is 36.4 Å². The Hall–Kier alpha value is -1.54. The van der Waals surface area contributed by atoms with E-state index in [-0.39, 0.29) is 9.37 Å². The van der Waals surface area contributed by atoms with Crippen LogP contribution in [0.1, 0.15) is 0 Å². The Kier molecular flexibility index (Phi) is 4.05. The molecule has 1 N–H and O–H groups in total. The van der Waals surface area contributed by atoms with Crippen molar-refractivity contribution in [2.75, 3.05) is 4.72 Å². The van der Waals surface area contributed by atoms with Gasteiger partial charge in [0.15, 0.2) is 11.6 Å². The number of nitrogens with one attached hydrogen (secondary N) is 1. The zero-order chi connectivity index (χ0) is 14.9. The van der Waals surface area contributed by atoms with Crippen molar-refractivity contribution in [1.29, 1.82) is 0 Å². The lowest BCUT2D eigenvalue weighted by Crippen LogP contribution is -2.15. The minimum absolute atomic E-state index is 0.136. The molecule has 0 heterocycles. The van der Waals surface area contributed by atoms with Crippen LogP contribution in [0.2, 0.25) is 0 Å². The Morgan fingerprint density at radius 1 is 0.950 bits per heavy atom. The molecule has 0 aliphatic carbocycles. The molecule has 2 aromatic rings. The van der Waals surface area contributed by atoms with Crippen molar-refractivity contribution in [1.82, 2.24) is 0 Å². The Labute approximate surface area is 121 Å². The topological polar surface area (TPSA) is 46.2 Å². The maximum absolute atomic E-state index is 13.6. The van der Waals surface area contributed by atoms with E-state index in [2.05, 4.69) is 15.9 Å². The summed E-state index contributed by atoms with van der Waals surface area (Å²) in [5, 5.41) is 0. The lowest BCUT2D eigenvalue weighted by Gasteiger charge is -2.10. The van der Waals surface area contributed by atoms with Crippen LogP contribution in [-0.4, -0.2) is 8.42 Å². The van der Waals surface area contributed by atoms with Crippen LogP contribution >= 0.6 is 15.9 Å². The molecule has 3 nitrogen and oxygen atoms in total. The van der Waals surface area contributed by atoms with E-state index in [1.54, 1.807) is 4.72 Å². The highest BCUT2D eigenvalue weighted by molar-refractivity contribution is 9.10. The summed E-state index contributed by atoms with van der Waals surface area (Å²) < 4.78 is 65.6. The van der Waals surface area contributed by atoms with Crippen molar-refractivity contribution in [2.24, 2.45) is 0 Å². The number of sulfonamides is 1. The molecule has 0 aromatic heterocycles. The minimum atomic E-state index is -4.20. The van der Waals surface area contributed by atoms with Gasteiger partial charge < -0.3 is 0 Å². The van der Waals surface area contributed by atoms with Crippen LogP contribution in [0.5, 0.6) is 0 Å². The predicted molar refractivity (Wildman–Crippen MR) is 71.3 cm³/mol. The lowest BCUT2D eigenvalue weighted by molar-refractivity contribution is 0.581. The van der Waals surface area contributed by atoms with Crippen LogP contribution < -0.4 is 4.72 Å². The molecule has 0 unspecified atom stereocenters. The van der Waals surface area contributed by atoms with Gasteiger partial charge in [0, 0.05) is 4.47 Å². The maximum atomic E-state index is 13.6. The van der Waals surface area contributed by atoms with E-state index in [0.717, 1.165) is 36.4 Å². The van der Waals surface area contributed by atoms with Gasteiger partial charge in [0.05, 0.1) is 4.90 Å². The quantitative estimate of drug-likeness (QED) is 0.901. The van der Waals surface area contributed by atoms with E-state index < -0.39 is 33.2 Å².